The quantitative estimate of drug-likeness (QED) is 0.796. The van der Waals surface area contributed by atoms with Crippen molar-refractivity contribution in [3.8, 4) is 6.07 Å². The minimum absolute atomic E-state index is 0.0989. The van der Waals surface area contributed by atoms with Crippen LogP contribution < -0.4 is 5.32 Å². The maximum atomic E-state index is 12.8. The summed E-state index contributed by atoms with van der Waals surface area (Å²) in [5.74, 6) is -0.262. The highest BCUT2D eigenvalue weighted by Gasteiger charge is 2.04. The van der Waals surface area contributed by atoms with Gasteiger partial charge in [0.25, 0.3) is 0 Å². The number of hydrogen-bond donors (Lipinski definition) is 1. The first-order valence-electron chi connectivity index (χ1n) is 4.65. The maximum Gasteiger partial charge on any atom is 0.125 e. The SMILES string of the molecule is CCC(CC#N)Nc1cccc(F)c1. The third-order valence-corrected chi connectivity index (χ3v) is 2.03. The van der Waals surface area contributed by atoms with E-state index in [-0.39, 0.29) is 11.9 Å². The molecule has 1 atom stereocenters. The molecule has 3 heteroatoms. The van der Waals surface area contributed by atoms with Crippen LogP contribution in [0.4, 0.5) is 10.1 Å². The van der Waals surface area contributed by atoms with Crippen LogP contribution in [-0.4, -0.2) is 6.04 Å². The largest absolute Gasteiger partial charge is 0.381 e. The average Bonchev–Trinajstić information content (AvgIpc) is 2.17. The Balaban J connectivity index is 2.63. The lowest BCUT2D eigenvalue weighted by Gasteiger charge is -2.14. The van der Waals surface area contributed by atoms with Crippen LogP contribution in [0.1, 0.15) is 19.8 Å². The Morgan fingerprint density at radius 2 is 2.36 bits per heavy atom. The molecule has 0 bridgehead atoms. The molecular formula is C11H13FN2. The molecular weight excluding hydrogens is 179 g/mol. The molecule has 14 heavy (non-hydrogen) atoms. The first kappa shape index (κ1) is 10.5. The standard InChI is InChI=1S/C11H13FN2/c1-2-10(6-7-13)14-11-5-3-4-9(12)8-11/h3-5,8,10,14H,2,6H2,1H3. The molecule has 1 unspecified atom stereocenters. The van der Waals surface area contributed by atoms with Gasteiger partial charge < -0.3 is 5.32 Å². The van der Waals surface area contributed by atoms with E-state index in [9.17, 15) is 4.39 Å². The number of nitrogens with one attached hydrogen (secondary N) is 1. The lowest BCUT2D eigenvalue weighted by molar-refractivity contribution is 0.627. The summed E-state index contributed by atoms with van der Waals surface area (Å²) in [6.07, 6.45) is 1.29. The van der Waals surface area contributed by atoms with Crippen LogP contribution in [0.25, 0.3) is 0 Å². The third kappa shape index (κ3) is 3.06. The fourth-order valence-corrected chi connectivity index (χ4v) is 1.22. The van der Waals surface area contributed by atoms with E-state index in [1.54, 1.807) is 12.1 Å². The van der Waals surface area contributed by atoms with Crippen molar-refractivity contribution >= 4 is 5.69 Å². The predicted octanol–water partition coefficient (Wildman–Crippen LogP) is 2.93. The van der Waals surface area contributed by atoms with Gasteiger partial charge in [0.15, 0.2) is 0 Å². The van der Waals surface area contributed by atoms with E-state index in [4.69, 9.17) is 5.26 Å². The van der Waals surface area contributed by atoms with Crippen LogP contribution in [0.5, 0.6) is 0 Å². The van der Waals surface area contributed by atoms with E-state index in [2.05, 4.69) is 11.4 Å². The number of hydrogen-bond acceptors (Lipinski definition) is 2. The van der Waals surface area contributed by atoms with E-state index < -0.39 is 0 Å². The fourth-order valence-electron chi connectivity index (χ4n) is 1.22. The number of rotatable bonds is 4. The Labute approximate surface area is 83.4 Å². The van der Waals surface area contributed by atoms with Gasteiger partial charge in [-0.3, -0.25) is 0 Å². The molecule has 74 valence electrons. The second kappa shape index (κ2) is 5.23. The Morgan fingerprint density at radius 1 is 1.57 bits per heavy atom. The van der Waals surface area contributed by atoms with E-state index >= 15 is 0 Å². The summed E-state index contributed by atoms with van der Waals surface area (Å²) in [4.78, 5) is 0. The van der Waals surface area contributed by atoms with Gasteiger partial charge in [0.1, 0.15) is 5.82 Å². The first-order chi connectivity index (χ1) is 6.76. The minimum atomic E-state index is -0.262. The maximum absolute atomic E-state index is 12.8. The van der Waals surface area contributed by atoms with Gasteiger partial charge in [-0.1, -0.05) is 13.0 Å². The van der Waals surface area contributed by atoms with Crippen LogP contribution in [-0.2, 0) is 0 Å². The average molecular weight is 192 g/mol. The smallest absolute Gasteiger partial charge is 0.125 e. The van der Waals surface area contributed by atoms with Crippen LogP contribution in [0.15, 0.2) is 24.3 Å². The molecule has 2 nitrogen and oxygen atoms in total. The van der Waals surface area contributed by atoms with E-state index in [0.717, 1.165) is 12.1 Å². The van der Waals surface area contributed by atoms with Crippen molar-refractivity contribution in [3.63, 3.8) is 0 Å². The Morgan fingerprint density at radius 3 is 2.93 bits per heavy atom. The molecule has 1 rings (SSSR count). The van der Waals surface area contributed by atoms with Gasteiger partial charge in [0.2, 0.25) is 0 Å². The molecule has 0 saturated heterocycles. The topological polar surface area (TPSA) is 35.8 Å². The zero-order valence-electron chi connectivity index (χ0n) is 8.13. The number of nitriles is 1. The molecule has 0 aliphatic rings. The zero-order valence-corrected chi connectivity index (χ0v) is 8.13. The van der Waals surface area contributed by atoms with E-state index in [0.29, 0.717) is 6.42 Å². The second-order valence-electron chi connectivity index (χ2n) is 3.12. The summed E-state index contributed by atoms with van der Waals surface area (Å²) in [6.45, 7) is 1.99. The van der Waals surface area contributed by atoms with E-state index in [1.807, 2.05) is 6.92 Å². The highest BCUT2D eigenvalue weighted by molar-refractivity contribution is 5.44. The summed E-state index contributed by atoms with van der Waals surface area (Å²) < 4.78 is 12.8. The molecule has 0 aliphatic heterocycles. The summed E-state index contributed by atoms with van der Waals surface area (Å²) in [6, 6.07) is 8.47. The van der Waals surface area contributed by atoms with Gasteiger partial charge in [-0.15, -0.1) is 0 Å². The molecule has 0 saturated carbocycles. The summed E-state index contributed by atoms with van der Waals surface area (Å²) >= 11 is 0. The molecule has 0 aliphatic carbocycles. The van der Waals surface area contributed by atoms with Gasteiger partial charge in [-0.05, 0) is 24.6 Å². The van der Waals surface area contributed by atoms with Gasteiger partial charge >= 0.3 is 0 Å². The van der Waals surface area contributed by atoms with E-state index in [1.165, 1.54) is 12.1 Å². The van der Waals surface area contributed by atoms with Crippen molar-refractivity contribution < 1.29 is 4.39 Å². The molecule has 0 heterocycles. The monoisotopic (exact) mass is 192 g/mol. The van der Waals surface area contributed by atoms with Gasteiger partial charge in [0, 0.05) is 11.7 Å². The molecule has 0 fully saturated rings. The number of anilines is 1. The summed E-state index contributed by atoms with van der Waals surface area (Å²) in [5, 5.41) is 11.6. The molecule has 1 aromatic rings. The Hall–Kier alpha value is -1.56. The van der Waals surface area contributed by atoms with Gasteiger partial charge in [0.05, 0.1) is 12.5 Å². The van der Waals surface area contributed by atoms with Crippen LogP contribution >= 0.6 is 0 Å². The van der Waals surface area contributed by atoms with Crippen LogP contribution in [0.3, 0.4) is 0 Å². The summed E-state index contributed by atoms with van der Waals surface area (Å²) in [5.41, 5.74) is 0.729. The van der Waals surface area contributed by atoms with Crippen molar-refractivity contribution in [3.05, 3.63) is 30.1 Å². The lowest BCUT2D eigenvalue weighted by Crippen LogP contribution is -2.17. The highest BCUT2D eigenvalue weighted by Crippen LogP contribution is 2.12. The fraction of sp³-hybridized carbons (Fsp3) is 0.364. The van der Waals surface area contributed by atoms with Crippen molar-refractivity contribution in [2.45, 2.75) is 25.8 Å². The van der Waals surface area contributed by atoms with Crippen LogP contribution in [0, 0.1) is 17.1 Å². The molecule has 1 N–H and O–H groups in total. The highest BCUT2D eigenvalue weighted by atomic mass is 19.1. The summed E-state index contributed by atoms with van der Waals surface area (Å²) in [7, 11) is 0. The lowest BCUT2D eigenvalue weighted by atomic mass is 10.1. The van der Waals surface area contributed by atoms with Gasteiger partial charge in [-0.25, -0.2) is 4.39 Å². The molecule has 0 amide bonds. The molecule has 0 spiro atoms. The van der Waals surface area contributed by atoms with Crippen molar-refractivity contribution in [1.82, 2.24) is 0 Å². The van der Waals surface area contributed by atoms with Crippen molar-refractivity contribution in [2.24, 2.45) is 0 Å². The van der Waals surface area contributed by atoms with Crippen molar-refractivity contribution in [2.75, 3.05) is 5.32 Å². The first-order valence-corrected chi connectivity index (χ1v) is 4.65. The molecule has 0 radical (unpaired) electrons. The minimum Gasteiger partial charge on any atom is -0.381 e. The normalized spacial score (nSPS) is 11.8. The molecule has 0 aromatic heterocycles. The number of benzene rings is 1. The molecule has 1 aromatic carbocycles. The third-order valence-electron chi connectivity index (χ3n) is 2.03. The number of halogens is 1. The predicted molar refractivity (Wildman–Crippen MR) is 54.3 cm³/mol. The zero-order chi connectivity index (χ0) is 10.4. The number of nitrogens with zero attached hydrogens (tertiary/aromatic N) is 1. The Bertz CT molecular complexity index is 330. The Kier molecular flexibility index (Phi) is 3.93. The second-order valence-corrected chi connectivity index (χ2v) is 3.12. The van der Waals surface area contributed by atoms with Gasteiger partial charge in [-0.2, -0.15) is 5.26 Å². The van der Waals surface area contributed by atoms with Crippen LogP contribution in [0.2, 0.25) is 0 Å². The van der Waals surface area contributed by atoms with Crippen molar-refractivity contribution in [1.29, 1.82) is 5.26 Å².